The van der Waals surface area contributed by atoms with E-state index in [2.05, 4.69) is 42.9 Å². The van der Waals surface area contributed by atoms with E-state index in [4.69, 9.17) is 10.5 Å². The molecule has 0 saturated heterocycles. The first kappa shape index (κ1) is 27.1. The smallest absolute Gasteiger partial charge is 0.263 e. The lowest BCUT2D eigenvalue weighted by atomic mass is 10.2. The molecule has 0 spiro atoms. The molecule has 1 aromatic carbocycles. The van der Waals surface area contributed by atoms with Gasteiger partial charge in [0, 0.05) is 31.5 Å². The molecule has 0 aromatic heterocycles. The summed E-state index contributed by atoms with van der Waals surface area (Å²) in [5.41, 5.74) is 5.15. The number of carbonyl (C=O) groups is 3. The van der Waals surface area contributed by atoms with Crippen LogP contribution < -0.4 is 11.1 Å². The van der Waals surface area contributed by atoms with Crippen LogP contribution in [-0.2, 0) is 23.9 Å². The number of benzene rings is 1. The van der Waals surface area contributed by atoms with Gasteiger partial charge >= 0.3 is 0 Å². The third kappa shape index (κ3) is 13.7. The first-order chi connectivity index (χ1) is 12.8. The maximum Gasteiger partial charge on any atom is 0.263 e. The van der Waals surface area contributed by atoms with Crippen LogP contribution in [0.3, 0.4) is 0 Å². The van der Waals surface area contributed by atoms with Crippen molar-refractivity contribution in [2.75, 3.05) is 26.6 Å². The summed E-state index contributed by atoms with van der Waals surface area (Å²) in [4.78, 5) is 30.4. The Balaban J connectivity index is 0. The van der Waals surface area contributed by atoms with Crippen molar-refractivity contribution in [1.29, 1.82) is 0 Å². The molecule has 0 radical (unpaired) electrons. The Labute approximate surface area is 167 Å². The topological polar surface area (TPSA) is 108 Å². The van der Waals surface area contributed by atoms with Crippen LogP contribution in [-0.4, -0.2) is 46.0 Å². The first-order valence-corrected chi connectivity index (χ1v) is 8.58. The van der Waals surface area contributed by atoms with Crippen molar-refractivity contribution < 1.29 is 28.2 Å². The number of nitrogens with two attached hydrogens (primary N) is 1. The quantitative estimate of drug-likeness (QED) is 0.543. The second-order valence-electron chi connectivity index (χ2n) is 4.98. The largest absolute Gasteiger partial charge is 0.388 e. The maximum absolute atomic E-state index is 13.0. The molecule has 1 unspecified atom stereocenters. The Hall–Kier alpha value is -2.10. The number of allylic oxidation sites excluding steroid dienone is 2. The SMILES string of the molecule is C1=CCCC1.C=O.COC.COC(C(N)=O)C(=O)Nc1cc(F)cc(Br)c1. The van der Waals surface area contributed by atoms with Crippen molar-refractivity contribution in [3.63, 3.8) is 0 Å². The van der Waals surface area contributed by atoms with E-state index in [1.54, 1.807) is 14.2 Å². The number of carbonyl (C=O) groups excluding carboxylic acids is 3. The molecule has 1 aliphatic carbocycles. The van der Waals surface area contributed by atoms with Gasteiger partial charge < -0.3 is 25.3 Å². The van der Waals surface area contributed by atoms with Crippen LogP contribution in [0.2, 0.25) is 0 Å². The normalized spacial score (nSPS) is 12.2. The molecule has 0 fully saturated rings. The molecule has 3 N–H and O–H groups in total. The van der Waals surface area contributed by atoms with Gasteiger partial charge in [0.1, 0.15) is 12.6 Å². The average molecular weight is 449 g/mol. The van der Waals surface area contributed by atoms with E-state index in [0.717, 1.165) is 6.07 Å². The zero-order valence-corrected chi connectivity index (χ0v) is 17.3. The second-order valence-corrected chi connectivity index (χ2v) is 5.89. The highest BCUT2D eigenvalue weighted by Crippen LogP contribution is 2.18. The standard InChI is InChI=1S/C10H10BrFN2O3.C5H8.C2H6O.CH2O/c1-17-8(9(13)15)10(16)14-7-3-5(11)2-6(12)4-7;1-2-4-5-3-1;1-3-2;1-2/h2-4,8H,1H3,(H2,13,15)(H,14,16);1-2H,3-5H2;1-2H3;1H2. The van der Waals surface area contributed by atoms with Crippen LogP contribution in [0, 0.1) is 5.82 Å². The molecule has 27 heavy (non-hydrogen) atoms. The molecule has 2 amide bonds. The molecule has 9 heteroatoms. The van der Waals surface area contributed by atoms with Crippen LogP contribution in [0.1, 0.15) is 19.3 Å². The molecule has 7 nitrogen and oxygen atoms in total. The van der Waals surface area contributed by atoms with Gasteiger partial charge in [0.15, 0.2) is 0 Å². The number of nitrogens with one attached hydrogen (secondary N) is 1. The fraction of sp³-hybridized carbons (Fsp3) is 0.389. The lowest BCUT2D eigenvalue weighted by Gasteiger charge is -2.12. The van der Waals surface area contributed by atoms with Crippen LogP contribution in [0.25, 0.3) is 0 Å². The van der Waals surface area contributed by atoms with Crippen molar-refractivity contribution in [2.24, 2.45) is 5.73 Å². The average Bonchev–Trinajstić information content (AvgIpc) is 3.16. The molecule has 1 aromatic rings. The summed E-state index contributed by atoms with van der Waals surface area (Å²) in [7, 11) is 4.43. The fourth-order valence-electron chi connectivity index (χ4n) is 1.78. The minimum Gasteiger partial charge on any atom is -0.388 e. The molecule has 152 valence electrons. The summed E-state index contributed by atoms with van der Waals surface area (Å²) in [5, 5.41) is 2.32. The number of rotatable bonds is 4. The van der Waals surface area contributed by atoms with Gasteiger partial charge in [-0.3, -0.25) is 9.59 Å². The highest BCUT2D eigenvalue weighted by atomic mass is 79.9. The molecule has 0 heterocycles. The summed E-state index contributed by atoms with van der Waals surface area (Å²) in [6.45, 7) is 2.00. The minimum absolute atomic E-state index is 0.199. The molecular weight excluding hydrogens is 423 g/mol. The second kappa shape index (κ2) is 17.3. The lowest BCUT2D eigenvalue weighted by Crippen LogP contribution is -2.40. The van der Waals surface area contributed by atoms with Gasteiger partial charge in [-0.1, -0.05) is 28.1 Å². The molecule has 2 rings (SSSR count). The molecule has 0 saturated carbocycles. The minimum atomic E-state index is -1.41. The monoisotopic (exact) mass is 448 g/mol. The number of ether oxygens (including phenoxy) is 2. The molecule has 1 atom stereocenters. The highest BCUT2D eigenvalue weighted by molar-refractivity contribution is 9.10. The number of amides is 2. The van der Waals surface area contributed by atoms with Crippen molar-refractivity contribution in [2.45, 2.75) is 25.4 Å². The van der Waals surface area contributed by atoms with Gasteiger partial charge in [0.2, 0.25) is 6.10 Å². The maximum atomic E-state index is 13.0. The number of primary amides is 1. The molecule has 1 aliphatic rings. The zero-order chi connectivity index (χ0) is 21.2. The summed E-state index contributed by atoms with van der Waals surface area (Å²) < 4.78 is 22.3. The van der Waals surface area contributed by atoms with Crippen LogP contribution in [0.4, 0.5) is 10.1 Å². The Morgan fingerprint density at radius 3 is 2.04 bits per heavy atom. The van der Waals surface area contributed by atoms with E-state index in [1.165, 1.54) is 38.5 Å². The molecular formula is C18H26BrFN2O5. The van der Waals surface area contributed by atoms with E-state index in [9.17, 15) is 14.0 Å². The summed E-state index contributed by atoms with van der Waals surface area (Å²) >= 11 is 3.07. The van der Waals surface area contributed by atoms with Crippen molar-refractivity contribution in [3.8, 4) is 0 Å². The zero-order valence-electron chi connectivity index (χ0n) is 15.7. The summed E-state index contributed by atoms with van der Waals surface area (Å²) in [6.07, 6.45) is 7.09. The third-order valence-electron chi connectivity index (χ3n) is 2.77. The molecule has 0 bridgehead atoms. The van der Waals surface area contributed by atoms with Crippen molar-refractivity contribution in [3.05, 3.63) is 40.6 Å². The van der Waals surface area contributed by atoms with E-state index < -0.39 is 23.7 Å². The Bertz CT molecular complexity index is 573. The van der Waals surface area contributed by atoms with Gasteiger partial charge in [0.05, 0.1) is 0 Å². The Morgan fingerprint density at radius 1 is 1.19 bits per heavy atom. The van der Waals surface area contributed by atoms with Crippen molar-refractivity contribution in [1.82, 2.24) is 0 Å². The number of hydrogen-bond donors (Lipinski definition) is 2. The predicted octanol–water partition coefficient (Wildman–Crippen LogP) is 2.83. The van der Waals surface area contributed by atoms with Gasteiger partial charge in [-0.05, 0) is 37.5 Å². The van der Waals surface area contributed by atoms with Gasteiger partial charge in [-0.2, -0.15) is 0 Å². The van der Waals surface area contributed by atoms with Gasteiger partial charge in [-0.15, -0.1) is 0 Å². The molecule has 0 aliphatic heterocycles. The number of halogens is 2. The summed E-state index contributed by atoms with van der Waals surface area (Å²) in [6, 6.07) is 3.82. The number of hydrogen-bond acceptors (Lipinski definition) is 5. The van der Waals surface area contributed by atoms with Crippen LogP contribution in [0.5, 0.6) is 0 Å². The van der Waals surface area contributed by atoms with E-state index in [0.29, 0.717) is 4.47 Å². The first-order valence-electron chi connectivity index (χ1n) is 7.78. The van der Waals surface area contributed by atoms with Gasteiger partial charge in [0.25, 0.3) is 11.8 Å². The number of methoxy groups -OCH3 is 2. The van der Waals surface area contributed by atoms with Gasteiger partial charge in [-0.25, -0.2) is 4.39 Å². The fourth-order valence-corrected chi connectivity index (χ4v) is 2.24. The number of anilines is 1. The van der Waals surface area contributed by atoms with E-state index >= 15 is 0 Å². The van der Waals surface area contributed by atoms with Crippen LogP contribution >= 0.6 is 15.9 Å². The Kier molecular flexibility index (Phi) is 17.4. The third-order valence-corrected chi connectivity index (χ3v) is 3.23. The van der Waals surface area contributed by atoms with E-state index in [1.807, 2.05) is 6.79 Å². The van der Waals surface area contributed by atoms with Crippen LogP contribution in [0.15, 0.2) is 34.8 Å². The van der Waals surface area contributed by atoms with Crippen molar-refractivity contribution >= 4 is 40.2 Å². The Morgan fingerprint density at radius 2 is 1.70 bits per heavy atom. The highest BCUT2D eigenvalue weighted by Gasteiger charge is 2.23. The summed E-state index contributed by atoms with van der Waals surface area (Å²) in [5.74, 6) is -2.19. The van der Waals surface area contributed by atoms with E-state index in [-0.39, 0.29) is 5.69 Å². The predicted molar refractivity (Wildman–Crippen MR) is 106 cm³/mol. The lowest BCUT2D eigenvalue weighted by molar-refractivity contribution is -0.138.